The first kappa shape index (κ1) is 17.4. The average molecular weight is 294 g/mol. The van der Waals surface area contributed by atoms with Gasteiger partial charge in [-0.05, 0) is 37.7 Å². The summed E-state index contributed by atoms with van der Waals surface area (Å²) in [6.07, 6.45) is 1.27. The van der Waals surface area contributed by atoms with Crippen LogP contribution in [0.1, 0.15) is 51.1 Å². The summed E-state index contributed by atoms with van der Waals surface area (Å²) in [6.45, 7) is 12.3. The van der Waals surface area contributed by atoms with Crippen molar-refractivity contribution in [2.45, 2.75) is 60.9 Å². The van der Waals surface area contributed by atoms with Gasteiger partial charge in [-0.3, -0.25) is 9.36 Å². The van der Waals surface area contributed by atoms with Crippen LogP contribution in [0.25, 0.3) is 0 Å². The van der Waals surface area contributed by atoms with Crippen molar-refractivity contribution in [1.82, 2.24) is 9.55 Å². The molecule has 1 rings (SSSR count). The first-order chi connectivity index (χ1) is 9.53. The zero-order chi connectivity index (χ0) is 16.4. The maximum Gasteiger partial charge on any atom is 0.347 e. The van der Waals surface area contributed by atoms with E-state index in [2.05, 4.69) is 25.8 Å². The van der Waals surface area contributed by atoms with Crippen molar-refractivity contribution in [2.24, 2.45) is 11.3 Å². The second-order valence-corrected chi connectivity index (χ2v) is 6.95. The van der Waals surface area contributed by atoms with Crippen LogP contribution < -0.4 is 5.69 Å². The lowest BCUT2D eigenvalue weighted by molar-refractivity contribution is -0.141. The van der Waals surface area contributed by atoms with Gasteiger partial charge in [-0.25, -0.2) is 4.79 Å². The van der Waals surface area contributed by atoms with Crippen LogP contribution >= 0.6 is 0 Å². The molecule has 1 heterocycles. The van der Waals surface area contributed by atoms with E-state index in [1.807, 2.05) is 6.92 Å². The van der Waals surface area contributed by atoms with E-state index in [1.165, 1.54) is 0 Å². The Hall–Kier alpha value is -1.65. The van der Waals surface area contributed by atoms with Crippen LogP contribution in [0.5, 0.6) is 0 Å². The van der Waals surface area contributed by atoms with Gasteiger partial charge in [0.05, 0.1) is 5.92 Å². The Labute approximate surface area is 126 Å². The summed E-state index contributed by atoms with van der Waals surface area (Å²) in [5, 5.41) is 9.07. The van der Waals surface area contributed by atoms with Crippen molar-refractivity contribution in [1.29, 1.82) is 0 Å². The molecule has 5 heteroatoms. The van der Waals surface area contributed by atoms with E-state index in [-0.39, 0.29) is 11.1 Å². The molecule has 1 aromatic rings. The molecule has 1 N–H and O–H groups in total. The molecule has 0 aliphatic carbocycles. The quantitative estimate of drug-likeness (QED) is 0.906. The minimum atomic E-state index is -0.832. The molecule has 118 valence electrons. The topological polar surface area (TPSA) is 72.2 Å². The van der Waals surface area contributed by atoms with Crippen LogP contribution in [0.4, 0.5) is 0 Å². The number of carboxylic acids is 1. The number of rotatable bonds is 5. The van der Waals surface area contributed by atoms with E-state index in [0.717, 1.165) is 17.7 Å². The van der Waals surface area contributed by atoms with Crippen molar-refractivity contribution in [2.75, 3.05) is 0 Å². The first-order valence-corrected chi connectivity index (χ1v) is 7.32. The van der Waals surface area contributed by atoms with Crippen LogP contribution in [0, 0.1) is 25.2 Å². The Kier molecular flexibility index (Phi) is 5.31. The SMILES string of the molecule is Cc1nc(=O)n(CCC(C)(C)C)c(C)c1CC(C)C(=O)O. The molecule has 0 aliphatic rings. The highest BCUT2D eigenvalue weighted by Crippen LogP contribution is 2.21. The molecule has 0 spiro atoms. The lowest BCUT2D eigenvalue weighted by atomic mass is 9.92. The Bertz CT molecular complexity index is 582. The van der Waals surface area contributed by atoms with E-state index < -0.39 is 11.9 Å². The lowest BCUT2D eigenvalue weighted by Gasteiger charge is -2.21. The number of aromatic nitrogens is 2. The fourth-order valence-corrected chi connectivity index (χ4v) is 2.24. The molecule has 5 nitrogen and oxygen atoms in total. The first-order valence-electron chi connectivity index (χ1n) is 7.32. The summed E-state index contributed by atoms with van der Waals surface area (Å²) in [4.78, 5) is 27.2. The molecule has 1 atom stereocenters. The van der Waals surface area contributed by atoms with Gasteiger partial charge in [0.2, 0.25) is 0 Å². The van der Waals surface area contributed by atoms with Crippen molar-refractivity contribution < 1.29 is 9.90 Å². The Morgan fingerprint density at radius 1 is 1.33 bits per heavy atom. The molecule has 0 saturated carbocycles. The van der Waals surface area contributed by atoms with Crippen LogP contribution in [-0.2, 0) is 17.8 Å². The molecule has 0 aromatic carbocycles. The summed E-state index contributed by atoms with van der Waals surface area (Å²) in [7, 11) is 0. The molecule has 0 saturated heterocycles. The summed E-state index contributed by atoms with van der Waals surface area (Å²) in [5.74, 6) is -1.32. The highest BCUT2D eigenvalue weighted by Gasteiger charge is 2.19. The molecular formula is C16H26N2O3. The third kappa shape index (κ3) is 4.69. The van der Waals surface area contributed by atoms with Gasteiger partial charge in [0.1, 0.15) is 0 Å². The molecule has 0 bridgehead atoms. The third-order valence-electron chi connectivity index (χ3n) is 3.79. The van der Waals surface area contributed by atoms with E-state index in [0.29, 0.717) is 18.7 Å². The monoisotopic (exact) mass is 294 g/mol. The standard InChI is InChI=1S/C16H26N2O3/c1-10(14(19)20)9-13-11(2)17-15(21)18(12(13)3)8-7-16(4,5)6/h10H,7-9H2,1-6H3,(H,19,20). The molecule has 0 radical (unpaired) electrons. The number of aryl methyl sites for hydroxylation is 1. The molecule has 0 fully saturated rings. The number of hydrogen-bond donors (Lipinski definition) is 1. The van der Waals surface area contributed by atoms with Gasteiger partial charge >= 0.3 is 11.7 Å². The maximum absolute atomic E-state index is 12.1. The summed E-state index contributed by atoms with van der Waals surface area (Å²) >= 11 is 0. The Morgan fingerprint density at radius 2 is 1.90 bits per heavy atom. The number of carboxylic acid groups (broad SMARTS) is 1. The Morgan fingerprint density at radius 3 is 2.38 bits per heavy atom. The number of aliphatic carboxylic acids is 1. The molecular weight excluding hydrogens is 268 g/mol. The maximum atomic E-state index is 12.1. The smallest absolute Gasteiger partial charge is 0.347 e. The van der Waals surface area contributed by atoms with Crippen molar-refractivity contribution in [3.8, 4) is 0 Å². The van der Waals surface area contributed by atoms with E-state index >= 15 is 0 Å². The summed E-state index contributed by atoms with van der Waals surface area (Å²) in [5.41, 5.74) is 2.23. The van der Waals surface area contributed by atoms with Crippen molar-refractivity contribution >= 4 is 5.97 Å². The average Bonchev–Trinajstić information content (AvgIpc) is 2.32. The van der Waals surface area contributed by atoms with Crippen molar-refractivity contribution in [3.05, 3.63) is 27.4 Å². The highest BCUT2D eigenvalue weighted by molar-refractivity contribution is 5.70. The zero-order valence-electron chi connectivity index (χ0n) is 13.9. The van der Waals surface area contributed by atoms with Gasteiger partial charge in [0.15, 0.2) is 0 Å². The summed E-state index contributed by atoms with van der Waals surface area (Å²) in [6, 6.07) is 0. The highest BCUT2D eigenvalue weighted by atomic mass is 16.4. The van der Waals surface area contributed by atoms with Gasteiger partial charge in [0.25, 0.3) is 0 Å². The second kappa shape index (κ2) is 6.41. The van der Waals surface area contributed by atoms with Gasteiger partial charge in [-0.1, -0.05) is 27.7 Å². The van der Waals surface area contributed by atoms with Gasteiger partial charge < -0.3 is 5.11 Å². The van der Waals surface area contributed by atoms with Crippen LogP contribution in [0.3, 0.4) is 0 Å². The van der Waals surface area contributed by atoms with Gasteiger partial charge in [0, 0.05) is 17.9 Å². The lowest BCUT2D eigenvalue weighted by Crippen LogP contribution is -2.30. The van der Waals surface area contributed by atoms with Crippen LogP contribution in [-0.4, -0.2) is 20.6 Å². The number of nitrogens with zero attached hydrogens (tertiary/aromatic N) is 2. The van der Waals surface area contributed by atoms with Crippen LogP contribution in [0.15, 0.2) is 4.79 Å². The molecule has 0 amide bonds. The van der Waals surface area contributed by atoms with Crippen molar-refractivity contribution in [3.63, 3.8) is 0 Å². The van der Waals surface area contributed by atoms with Gasteiger partial charge in [-0.2, -0.15) is 4.98 Å². The fourth-order valence-electron chi connectivity index (χ4n) is 2.24. The minimum Gasteiger partial charge on any atom is -0.481 e. The second-order valence-electron chi connectivity index (χ2n) is 6.95. The fraction of sp³-hybridized carbons (Fsp3) is 0.688. The zero-order valence-corrected chi connectivity index (χ0v) is 13.9. The third-order valence-corrected chi connectivity index (χ3v) is 3.79. The van der Waals surface area contributed by atoms with Gasteiger partial charge in [-0.15, -0.1) is 0 Å². The normalized spacial score (nSPS) is 13.2. The molecule has 1 unspecified atom stereocenters. The van der Waals surface area contributed by atoms with E-state index in [1.54, 1.807) is 18.4 Å². The minimum absolute atomic E-state index is 0.130. The van der Waals surface area contributed by atoms with E-state index in [9.17, 15) is 9.59 Å². The predicted molar refractivity (Wildman–Crippen MR) is 82.5 cm³/mol. The van der Waals surface area contributed by atoms with E-state index in [4.69, 9.17) is 5.11 Å². The molecule has 21 heavy (non-hydrogen) atoms. The number of carbonyl (C=O) groups is 1. The van der Waals surface area contributed by atoms with Crippen LogP contribution in [0.2, 0.25) is 0 Å². The largest absolute Gasteiger partial charge is 0.481 e. The predicted octanol–water partition coefficient (Wildman–Crippen LogP) is 2.56. The Balaban J connectivity index is 3.16. The number of hydrogen-bond acceptors (Lipinski definition) is 3. The molecule has 0 aliphatic heterocycles. The molecule has 1 aromatic heterocycles. The summed E-state index contributed by atoms with van der Waals surface area (Å²) < 4.78 is 1.67.